The fourth-order valence-corrected chi connectivity index (χ4v) is 2.27. The first kappa shape index (κ1) is 12.2. The van der Waals surface area contributed by atoms with Crippen molar-refractivity contribution in [1.82, 2.24) is 9.24 Å². The second-order valence-corrected chi connectivity index (χ2v) is 4.56. The maximum atomic E-state index is 12.3. The van der Waals surface area contributed by atoms with Crippen molar-refractivity contribution >= 4 is 16.8 Å². The Balaban J connectivity index is 2.06. The van der Waals surface area contributed by atoms with E-state index in [1.807, 2.05) is 42.5 Å². The minimum Gasteiger partial charge on any atom is -0.336 e. The van der Waals surface area contributed by atoms with Gasteiger partial charge in [0.15, 0.2) is 5.78 Å². The zero-order valence-electron chi connectivity index (χ0n) is 10.8. The quantitative estimate of drug-likeness (QED) is 0.557. The van der Waals surface area contributed by atoms with Crippen LogP contribution in [0.1, 0.15) is 10.4 Å². The summed E-state index contributed by atoms with van der Waals surface area (Å²) in [5.41, 5.74) is 2.26. The first-order chi connectivity index (χ1) is 9.68. The van der Waals surface area contributed by atoms with Gasteiger partial charge in [0, 0.05) is 5.56 Å². The average Bonchev–Trinajstić information content (AvgIpc) is 2.74. The van der Waals surface area contributed by atoms with Crippen LogP contribution in [0.2, 0.25) is 0 Å². The van der Waals surface area contributed by atoms with Crippen molar-refractivity contribution in [1.29, 1.82) is 5.41 Å². The largest absolute Gasteiger partial charge is 0.336 e. The molecule has 3 aromatic rings. The third-order valence-electron chi connectivity index (χ3n) is 3.31. The molecule has 1 aromatic heterocycles. The van der Waals surface area contributed by atoms with E-state index in [0.717, 1.165) is 11.0 Å². The number of hydrogen-bond acceptors (Lipinski definition) is 3. The summed E-state index contributed by atoms with van der Waals surface area (Å²) < 4.78 is 2.90. The minimum absolute atomic E-state index is 0.0412. The van der Waals surface area contributed by atoms with E-state index in [0.29, 0.717) is 5.56 Å². The number of nitrogens with zero attached hydrogens (tertiary/aromatic N) is 2. The van der Waals surface area contributed by atoms with E-state index in [4.69, 9.17) is 11.3 Å². The van der Waals surface area contributed by atoms with Crippen molar-refractivity contribution in [2.75, 3.05) is 5.84 Å². The van der Waals surface area contributed by atoms with Crippen molar-refractivity contribution in [2.24, 2.45) is 0 Å². The van der Waals surface area contributed by atoms with Gasteiger partial charge in [0.1, 0.15) is 0 Å². The lowest BCUT2D eigenvalue weighted by atomic mass is 10.1. The number of ketones is 1. The molecule has 1 heterocycles. The number of carbonyl (C=O) groups excluding carboxylic acids is 1. The number of nitrogens with two attached hydrogens (primary N) is 1. The molecule has 0 aliphatic heterocycles. The molecule has 0 amide bonds. The monoisotopic (exact) mass is 266 g/mol. The summed E-state index contributed by atoms with van der Waals surface area (Å²) in [6.07, 6.45) is 0. The van der Waals surface area contributed by atoms with Gasteiger partial charge in [0.05, 0.1) is 17.6 Å². The number of rotatable bonds is 3. The summed E-state index contributed by atoms with van der Waals surface area (Å²) >= 11 is 0. The summed E-state index contributed by atoms with van der Waals surface area (Å²) in [4.78, 5) is 12.3. The van der Waals surface area contributed by atoms with Crippen LogP contribution in [-0.4, -0.2) is 15.0 Å². The van der Waals surface area contributed by atoms with E-state index >= 15 is 0 Å². The summed E-state index contributed by atoms with van der Waals surface area (Å²) in [5.74, 6) is 5.81. The average molecular weight is 266 g/mol. The zero-order valence-corrected chi connectivity index (χ0v) is 10.8. The Morgan fingerprint density at radius 3 is 2.30 bits per heavy atom. The Hall–Kier alpha value is -2.82. The van der Waals surface area contributed by atoms with Crippen LogP contribution in [0.5, 0.6) is 0 Å². The Morgan fingerprint density at radius 2 is 1.60 bits per heavy atom. The maximum Gasteiger partial charge on any atom is 0.222 e. The summed E-state index contributed by atoms with van der Waals surface area (Å²) in [6, 6.07) is 16.5. The molecular formula is C15H14N4O. The molecule has 3 rings (SSSR count). The van der Waals surface area contributed by atoms with E-state index in [9.17, 15) is 4.79 Å². The van der Waals surface area contributed by atoms with Gasteiger partial charge in [-0.3, -0.25) is 10.2 Å². The number of fused-ring (bicyclic) bond motifs is 1. The summed E-state index contributed by atoms with van der Waals surface area (Å²) in [6.45, 7) is 0.105. The van der Waals surface area contributed by atoms with E-state index in [-0.39, 0.29) is 17.9 Å². The van der Waals surface area contributed by atoms with Gasteiger partial charge in [0.25, 0.3) is 0 Å². The predicted octanol–water partition coefficient (Wildman–Crippen LogP) is 1.52. The molecular weight excluding hydrogens is 252 g/mol. The molecule has 0 atom stereocenters. The smallest absolute Gasteiger partial charge is 0.222 e. The molecule has 0 aliphatic rings. The second kappa shape index (κ2) is 4.70. The number of hydrogen-bond donors (Lipinski definition) is 2. The van der Waals surface area contributed by atoms with Crippen molar-refractivity contribution in [3.05, 3.63) is 65.8 Å². The van der Waals surface area contributed by atoms with Crippen molar-refractivity contribution in [3.63, 3.8) is 0 Å². The number of nitrogens with one attached hydrogen (secondary N) is 1. The molecule has 0 radical (unpaired) electrons. The number of nitrogen functional groups attached to an aromatic ring is 1. The minimum atomic E-state index is -0.0412. The third-order valence-corrected chi connectivity index (χ3v) is 3.31. The standard InChI is InChI=1S/C15H14N4O/c16-15-18(10-14(20)11-6-2-1-3-7-11)12-8-4-5-9-13(12)19(15)17/h1-9,16H,10,17H2. The SMILES string of the molecule is N=c1n(N)c2ccccc2n1CC(=O)c1ccccc1. The van der Waals surface area contributed by atoms with Crippen LogP contribution in [0.4, 0.5) is 0 Å². The number of carbonyl (C=O) groups is 1. The molecule has 0 bridgehead atoms. The second-order valence-electron chi connectivity index (χ2n) is 4.56. The first-order valence-corrected chi connectivity index (χ1v) is 6.26. The molecule has 0 saturated carbocycles. The Kier molecular flexibility index (Phi) is 2.87. The molecule has 0 unspecified atom stereocenters. The highest BCUT2D eigenvalue weighted by molar-refractivity contribution is 5.96. The van der Waals surface area contributed by atoms with Crippen LogP contribution < -0.4 is 11.5 Å². The summed E-state index contributed by atoms with van der Waals surface area (Å²) in [5, 5.41) is 8.03. The maximum absolute atomic E-state index is 12.3. The number of benzene rings is 2. The number of aromatic nitrogens is 2. The van der Waals surface area contributed by atoms with Crippen LogP contribution in [0.15, 0.2) is 54.6 Å². The van der Waals surface area contributed by atoms with Crippen LogP contribution in [0.25, 0.3) is 11.0 Å². The molecule has 0 aliphatic carbocycles. The van der Waals surface area contributed by atoms with Gasteiger partial charge in [-0.1, -0.05) is 42.5 Å². The molecule has 3 N–H and O–H groups in total. The van der Waals surface area contributed by atoms with Crippen LogP contribution in [-0.2, 0) is 6.54 Å². The van der Waals surface area contributed by atoms with Crippen molar-refractivity contribution < 1.29 is 4.79 Å². The molecule has 0 saturated heterocycles. The molecule has 2 aromatic carbocycles. The Morgan fingerprint density at radius 1 is 1.00 bits per heavy atom. The Bertz CT molecular complexity index is 830. The highest BCUT2D eigenvalue weighted by atomic mass is 16.1. The number of imidazole rings is 1. The highest BCUT2D eigenvalue weighted by Crippen LogP contribution is 2.11. The van der Waals surface area contributed by atoms with E-state index in [1.54, 1.807) is 16.7 Å². The first-order valence-electron chi connectivity index (χ1n) is 6.26. The van der Waals surface area contributed by atoms with Crippen LogP contribution >= 0.6 is 0 Å². The predicted molar refractivity (Wildman–Crippen MR) is 76.7 cm³/mol. The number of Topliss-reactive ketones (excluding diaryl/α,β-unsaturated/α-hetero) is 1. The molecule has 20 heavy (non-hydrogen) atoms. The van der Waals surface area contributed by atoms with Gasteiger partial charge in [-0.15, -0.1) is 0 Å². The van der Waals surface area contributed by atoms with Gasteiger partial charge in [0.2, 0.25) is 5.62 Å². The van der Waals surface area contributed by atoms with Gasteiger partial charge in [-0.2, -0.15) is 0 Å². The molecule has 5 nitrogen and oxygen atoms in total. The highest BCUT2D eigenvalue weighted by Gasteiger charge is 2.12. The lowest BCUT2D eigenvalue weighted by molar-refractivity contribution is 0.0971. The van der Waals surface area contributed by atoms with Crippen LogP contribution in [0.3, 0.4) is 0 Å². The van der Waals surface area contributed by atoms with Gasteiger partial charge in [-0.25, -0.2) is 4.68 Å². The van der Waals surface area contributed by atoms with E-state index in [1.165, 1.54) is 4.68 Å². The van der Waals surface area contributed by atoms with Gasteiger partial charge >= 0.3 is 0 Å². The van der Waals surface area contributed by atoms with Crippen LogP contribution in [0, 0.1) is 5.41 Å². The zero-order chi connectivity index (χ0) is 14.1. The molecule has 0 fully saturated rings. The summed E-state index contributed by atoms with van der Waals surface area (Å²) in [7, 11) is 0. The van der Waals surface area contributed by atoms with Gasteiger partial charge < -0.3 is 10.4 Å². The lowest BCUT2D eigenvalue weighted by Crippen LogP contribution is -2.31. The normalized spacial score (nSPS) is 10.8. The molecule has 0 spiro atoms. The fourth-order valence-electron chi connectivity index (χ4n) is 2.27. The van der Waals surface area contributed by atoms with Gasteiger partial charge in [-0.05, 0) is 12.1 Å². The van der Waals surface area contributed by atoms with E-state index < -0.39 is 0 Å². The third kappa shape index (κ3) is 1.89. The Labute approximate surface area is 115 Å². The fraction of sp³-hybridized carbons (Fsp3) is 0.0667. The topological polar surface area (TPSA) is 76.8 Å². The van der Waals surface area contributed by atoms with Crippen molar-refractivity contribution in [2.45, 2.75) is 6.54 Å². The molecule has 100 valence electrons. The molecule has 5 heteroatoms. The van der Waals surface area contributed by atoms with E-state index in [2.05, 4.69) is 0 Å². The lowest BCUT2D eigenvalue weighted by Gasteiger charge is -2.03. The van der Waals surface area contributed by atoms with Crippen molar-refractivity contribution in [3.8, 4) is 0 Å². The number of para-hydroxylation sites is 2.